The highest BCUT2D eigenvalue weighted by Crippen LogP contribution is 2.47. The van der Waals surface area contributed by atoms with Crippen LogP contribution in [0.25, 0.3) is 32.3 Å². The molecule has 0 unspecified atom stereocenters. The third-order valence-corrected chi connectivity index (χ3v) is 11.7. The molecule has 0 aliphatic heterocycles. The van der Waals surface area contributed by atoms with Crippen molar-refractivity contribution in [2.75, 3.05) is 45.0 Å². The number of benzene rings is 4. The zero-order chi connectivity index (χ0) is 41.9. The highest BCUT2D eigenvalue weighted by molar-refractivity contribution is 9.09. The van der Waals surface area contributed by atoms with Crippen LogP contribution in [-0.2, 0) is 0 Å². The summed E-state index contributed by atoms with van der Waals surface area (Å²) in [5, 5.41) is 7.61. The topological polar surface area (TPSA) is 55.4 Å². The summed E-state index contributed by atoms with van der Waals surface area (Å²) < 4.78 is 39.7. The smallest absolute Gasteiger partial charge is 0.161 e. The summed E-state index contributed by atoms with van der Waals surface area (Å²) >= 11 is 3.60. The first kappa shape index (κ1) is 48.6. The van der Waals surface area contributed by atoms with E-state index >= 15 is 0 Å². The number of alkyl halides is 1. The molecule has 6 nitrogen and oxygen atoms in total. The molecule has 0 radical (unpaired) electrons. The molecule has 4 aromatic carbocycles. The van der Waals surface area contributed by atoms with Gasteiger partial charge in [-0.05, 0) is 114 Å². The first-order chi connectivity index (χ1) is 29.1. The van der Waals surface area contributed by atoms with Crippen LogP contribution in [0.2, 0.25) is 0 Å². The molecule has 0 saturated heterocycles. The Balaban J connectivity index is 1.96. The molecule has 0 fully saturated rings. The maximum Gasteiger partial charge on any atom is 0.161 e. The lowest BCUT2D eigenvalue weighted by molar-refractivity contribution is 0.259. The average molecular weight is 880 g/mol. The van der Waals surface area contributed by atoms with Gasteiger partial charge in [-0.2, -0.15) is 0 Å². The van der Waals surface area contributed by atoms with Crippen LogP contribution in [0.4, 0.5) is 0 Å². The van der Waals surface area contributed by atoms with Gasteiger partial charge in [-0.15, -0.1) is 0 Å². The van der Waals surface area contributed by atoms with Crippen molar-refractivity contribution in [1.29, 1.82) is 0 Å². The summed E-state index contributed by atoms with van der Waals surface area (Å²) in [6.45, 7) is 15.2. The lowest BCUT2D eigenvalue weighted by atomic mass is 9.93. The molecule has 0 saturated carbocycles. The van der Waals surface area contributed by atoms with Gasteiger partial charge in [0.25, 0.3) is 0 Å². The number of rotatable bonds is 35. The van der Waals surface area contributed by atoms with Crippen molar-refractivity contribution in [3.8, 4) is 34.5 Å². The third kappa shape index (κ3) is 16.1. The molecular weight excluding hydrogens is 800 g/mol. The van der Waals surface area contributed by atoms with Crippen molar-refractivity contribution in [2.45, 2.75) is 176 Å². The minimum Gasteiger partial charge on any atom is -0.490 e. The van der Waals surface area contributed by atoms with Gasteiger partial charge in [0.1, 0.15) is 0 Å². The molecule has 4 aromatic rings. The number of fused-ring (bicyclic) bond motifs is 6. The third-order valence-electron chi connectivity index (χ3n) is 11.2. The maximum atomic E-state index is 6.64. The van der Waals surface area contributed by atoms with Crippen LogP contribution in [0.1, 0.15) is 176 Å². The van der Waals surface area contributed by atoms with E-state index in [-0.39, 0.29) is 0 Å². The molecule has 0 spiro atoms. The van der Waals surface area contributed by atoms with Crippen molar-refractivity contribution in [2.24, 2.45) is 0 Å². The van der Waals surface area contributed by atoms with E-state index in [1.165, 1.54) is 64.2 Å². The van der Waals surface area contributed by atoms with E-state index in [2.05, 4.69) is 86.9 Å². The van der Waals surface area contributed by atoms with Crippen molar-refractivity contribution in [3.63, 3.8) is 0 Å². The van der Waals surface area contributed by atoms with E-state index in [1.54, 1.807) is 0 Å². The van der Waals surface area contributed by atoms with Gasteiger partial charge in [-0.25, -0.2) is 0 Å². The molecule has 0 amide bonds. The van der Waals surface area contributed by atoms with Gasteiger partial charge in [0, 0.05) is 5.33 Å². The molecule has 0 aromatic heterocycles. The van der Waals surface area contributed by atoms with Crippen LogP contribution < -0.4 is 28.4 Å². The van der Waals surface area contributed by atoms with E-state index < -0.39 is 0 Å². The predicted molar refractivity (Wildman–Crippen MR) is 256 cm³/mol. The predicted octanol–water partition coefficient (Wildman–Crippen LogP) is 16.5. The fourth-order valence-corrected chi connectivity index (χ4v) is 8.02. The number of unbranched alkanes of at least 4 members (excludes halogenated alkanes) is 16. The van der Waals surface area contributed by atoms with Gasteiger partial charge in [0.2, 0.25) is 0 Å². The van der Waals surface area contributed by atoms with E-state index in [0.717, 1.165) is 149 Å². The summed E-state index contributed by atoms with van der Waals surface area (Å²) in [5.74, 6) is 4.82. The highest BCUT2D eigenvalue weighted by Gasteiger charge is 2.21. The van der Waals surface area contributed by atoms with Crippen molar-refractivity contribution >= 4 is 48.2 Å². The standard InChI is InChI=1S/C52H79BrO6/c1-6-11-16-22-29-54-47-35-41-42-36-48(55-30-23-17-12-7-2)50(57-32-25-19-14-9-4)38-44(42)46-40-52(59-34-27-21-28-53)51(58-33-26-20-15-10-5)39-45(46)43(41)37-49(47)56-31-24-18-13-8-3/h35-40H,6-34H2,1-5H3. The second-order valence-electron chi connectivity index (χ2n) is 16.3. The minimum absolute atomic E-state index is 0.631. The maximum absolute atomic E-state index is 6.64. The summed E-state index contributed by atoms with van der Waals surface area (Å²) in [6, 6.07) is 13.3. The van der Waals surface area contributed by atoms with Crippen molar-refractivity contribution < 1.29 is 28.4 Å². The monoisotopic (exact) mass is 879 g/mol. The molecule has 0 atom stereocenters. The Hall–Kier alpha value is -3.06. The van der Waals surface area contributed by atoms with Gasteiger partial charge in [0.15, 0.2) is 34.5 Å². The zero-order valence-corrected chi connectivity index (χ0v) is 39.4. The minimum atomic E-state index is 0.631. The largest absolute Gasteiger partial charge is 0.490 e. The van der Waals surface area contributed by atoms with Gasteiger partial charge >= 0.3 is 0 Å². The van der Waals surface area contributed by atoms with Crippen LogP contribution in [0.3, 0.4) is 0 Å². The summed E-state index contributed by atoms with van der Waals surface area (Å²) in [7, 11) is 0. The fraction of sp³-hybridized carbons (Fsp3) is 0.654. The van der Waals surface area contributed by atoms with E-state index in [1.807, 2.05) is 0 Å². The second-order valence-corrected chi connectivity index (χ2v) is 17.1. The Labute approximate surface area is 366 Å². The van der Waals surface area contributed by atoms with Gasteiger partial charge < -0.3 is 28.4 Å². The van der Waals surface area contributed by atoms with Crippen LogP contribution in [-0.4, -0.2) is 45.0 Å². The second kappa shape index (κ2) is 29.2. The van der Waals surface area contributed by atoms with E-state index in [4.69, 9.17) is 28.4 Å². The number of ether oxygens (including phenoxy) is 6. The van der Waals surface area contributed by atoms with Crippen LogP contribution in [0, 0.1) is 0 Å². The van der Waals surface area contributed by atoms with Crippen LogP contribution in [0.5, 0.6) is 34.5 Å². The molecule has 4 rings (SSSR count). The van der Waals surface area contributed by atoms with E-state index in [0.29, 0.717) is 39.6 Å². The Morgan fingerprint density at radius 2 is 0.458 bits per heavy atom. The molecule has 7 heteroatoms. The number of hydrogen-bond donors (Lipinski definition) is 0. The first-order valence-electron chi connectivity index (χ1n) is 24.0. The first-order valence-corrected chi connectivity index (χ1v) is 25.1. The quantitative estimate of drug-likeness (QED) is 0.0261. The van der Waals surface area contributed by atoms with Crippen LogP contribution >= 0.6 is 15.9 Å². The molecule has 0 heterocycles. The van der Waals surface area contributed by atoms with Crippen molar-refractivity contribution in [3.05, 3.63) is 36.4 Å². The molecular formula is C52H79BrO6. The number of hydrogen-bond acceptors (Lipinski definition) is 6. The molecule has 0 N–H and O–H groups in total. The van der Waals surface area contributed by atoms with Crippen LogP contribution in [0.15, 0.2) is 36.4 Å². The van der Waals surface area contributed by atoms with Gasteiger partial charge in [-0.3, -0.25) is 0 Å². The Morgan fingerprint density at radius 3 is 0.627 bits per heavy atom. The molecule has 0 aliphatic rings. The summed E-state index contributed by atoms with van der Waals surface area (Å²) in [4.78, 5) is 0. The zero-order valence-electron chi connectivity index (χ0n) is 37.8. The molecule has 0 bridgehead atoms. The van der Waals surface area contributed by atoms with Gasteiger partial charge in [-0.1, -0.05) is 147 Å². The molecule has 59 heavy (non-hydrogen) atoms. The lowest BCUT2D eigenvalue weighted by Crippen LogP contribution is -2.05. The van der Waals surface area contributed by atoms with Gasteiger partial charge in [0.05, 0.1) is 39.6 Å². The normalized spacial score (nSPS) is 11.5. The summed E-state index contributed by atoms with van der Waals surface area (Å²) in [5.41, 5.74) is 0. The molecule has 0 aliphatic carbocycles. The molecule has 330 valence electrons. The highest BCUT2D eigenvalue weighted by atomic mass is 79.9. The Kier molecular flexibility index (Phi) is 24.1. The number of halogens is 1. The fourth-order valence-electron chi connectivity index (χ4n) is 7.63. The Bertz CT molecular complexity index is 1700. The SMILES string of the molecule is CCCCCCOc1cc2c(cc1OCCCCBr)c1cc(OCCCCCC)c(OCCCCCC)cc1c1cc(OCCCCCC)c(OCCCCCC)cc21. The average Bonchev–Trinajstić information content (AvgIpc) is 3.25. The summed E-state index contributed by atoms with van der Waals surface area (Å²) in [6.07, 6.45) is 25.0. The lowest BCUT2D eigenvalue weighted by Gasteiger charge is -2.21. The van der Waals surface area contributed by atoms with Crippen molar-refractivity contribution in [1.82, 2.24) is 0 Å². The van der Waals surface area contributed by atoms with E-state index in [9.17, 15) is 0 Å². The Morgan fingerprint density at radius 1 is 0.271 bits per heavy atom.